The maximum atomic E-state index is 11.0. The van der Waals surface area contributed by atoms with Gasteiger partial charge in [0.1, 0.15) is 0 Å². The lowest BCUT2D eigenvalue weighted by Gasteiger charge is -2.08. The van der Waals surface area contributed by atoms with Crippen LogP contribution >= 0.6 is 22.3 Å². The maximum absolute atomic E-state index is 11.0. The number of hydrogen-bond donors (Lipinski definition) is 1. The first-order valence-electron chi connectivity index (χ1n) is 4.25. The molecule has 1 N–H and O–H groups in total. The van der Waals surface area contributed by atoms with Crippen LogP contribution in [0, 0.1) is 0 Å². The van der Waals surface area contributed by atoms with Gasteiger partial charge in [0.15, 0.2) is 0 Å². The standard InChI is InChI=1S/C8H9Cl2NO4S2/c1-16(12,13)11-8-4-6(2-3-7(8)9)5-17(10,14)15/h2-4,11H,5H2,1H3. The second-order valence-corrected chi connectivity index (χ2v) is 8.30. The molecule has 9 heteroatoms. The van der Waals surface area contributed by atoms with Crippen molar-refractivity contribution in [3.8, 4) is 0 Å². The molecule has 0 heterocycles. The van der Waals surface area contributed by atoms with Gasteiger partial charge in [-0.2, -0.15) is 0 Å². The molecule has 0 radical (unpaired) electrons. The monoisotopic (exact) mass is 317 g/mol. The Balaban J connectivity index is 3.11. The second-order valence-electron chi connectivity index (χ2n) is 3.37. The molecule has 0 saturated heterocycles. The van der Waals surface area contributed by atoms with E-state index >= 15 is 0 Å². The first-order chi connectivity index (χ1) is 7.57. The first kappa shape index (κ1) is 14.6. The molecule has 0 aromatic heterocycles. The van der Waals surface area contributed by atoms with E-state index in [0.717, 1.165) is 6.26 Å². The molecule has 17 heavy (non-hydrogen) atoms. The molecular formula is C8H9Cl2NO4S2. The van der Waals surface area contributed by atoms with Crippen molar-refractivity contribution in [3.63, 3.8) is 0 Å². The molecule has 0 bridgehead atoms. The Labute approximate surface area is 109 Å². The topological polar surface area (TPSA) is 80.3 Å². The molecule has 1 rings (SSSR count). The molecule has 0 amide bonds. The highest BCUT2D eigenvalue weighted by atomic mass is 35.7. The van der Waals surface area contributed by atoms with Crippen molar-refractivity contribution in [3.05, 3.63) is 28.8 Å². The summed E-state index contributed by atoms with van der Waals surface area (Å²) in [6, 6.07) is 4.17. The molecule has 0 aliphatic heterocycles. The van der Waals surface area contributed by atoms with Crippen molar-refractivity contribution in [2.75, 3.05) is 11.0 Å². The molecule has 0 unspecified atom stereocenters. The largest absolute Gasteiger partial charge is 0.282 e. The van der Waals surface area contributed by atoms with Gasteiger partial charge in [0, 0.05) is 10.7 Å². The number of nitrogens with one attached hydrogen (secondary N) is 1. The first-order valence-corrected chi connectivity index (χ1v) is 9.00. The minimum absolute atomic E-state index is 0.118. The quantitative estimate of drug-likeness (QED) is 0.858. The van der Waals surface area contributed by atoms with E-state index in [1.165, 1.54) is 18.2 Å². The van der Waals surface area contributed by atoms with Crippen LogP contribution in [0.1, 0.15) is 5.56 Å². The molecular weight excluding hydrogens is 309 g/mol. The Morgan fingerprint density at radius 1 is 1.24 bits per heavy atom. The molecule has 0 aliphatic carbocycles. The number of benzene rings is 1. The SMILES string of the molecule is CS(=O)(=O)Nc1cc(CS(=O)(=O)Cl)ccc1Cl. The highest BCUT2D eigenvalue weighted by molar-refractivity contribution is 8.13. The Kier molecular flexibility index (Phi) is 4.29. The third kappa shape index (κ3) is 5.58. The zero-order valence-corrected chi connectivity index (χ0v) is 11.8. The minimum Gasteiger partial charge on any atom is -0.282 e. The minimum atomic E-state index is -3.70. The van der Waals surface area contributed by atoms with Crippen molar-refractivity contribution in [2.24, 2.45) is 0 Å². The van der Waals surface area contributed by atoms with Crippen molar-refractivity contribution in [1.29, 1.82) is 0 Å². The van der Waals surface area contributed by atoms with E-state index in [1.54, 1.807) is 0 Å². The summed E-state index contributed by atoms with van der Waals surface area (Å²) in [5.41, 5.74) is 0.461. The summed E-state index contributed by atoms with van der Waals surface area (Å²) >= 11 is 5.76. The van der Waals surface area contributed by atoms with Crippen molar-refractivity contribution >= 4 is 47.0 Å². The van der Waals surface area contributed by atoms with Crippen LogP contribution in [0.3, 0.4) is 0 Å². The molecule has 0 atom stereocenters. The zero-order chi connectivity index (χ0) is 13.3. The lowest BCUT2D eigenvalue weighted by Crippen LogP contribution is -2.10. The fourth-order valence-corrected chi connectivity index (χ4v) is 2.88. The van der Waals surface area contributed by atoms with Gasteiger partial charge in [0.25, 0.3) is 0 Å². The van der Waals surface area contributed by atoms with Gasteiger partial charge in [-0.05, 0) is 17.7 Å². The maximum Gasteiger partial charge on any atom is 0.236 e. The number of anilines is 1. The van der Waals surface area contributed by atoms with Crippen LogP contribution in [0.5, 0.6) is 0 Å². The average molecular weight is 318 g/mol. The normalized spacial score (nSPS) is 12.4. The summed E-state index contributed by atoms with van der Waals surface area (Å²) in [6.45, 7) is 0. The molecule has 1 aromatic carbocycles. The third-order valence-electron chi connectivity index (χ3n) is 1.67. The van der Waals surface area contributed by atoms with Crippen LogP contribution < -0.4 is 4.72 Å². The molecule has 0 fully saturated rings. The van der Waals surface area contributed by atoms with E-state index in [4.69, 9.17) is 22.3 Å². The Hall–Kier alpha value is -0.500. The molecule has 1 aromatic rings. The Morgan fingerprint density at radius 3 is 2.29 bits per heavy atom. The fraction of sp³-hybridized carbons (Fsp3) is 0.250. The number of hydrogen-bond acceptors (Lipinski definition) is 4. The van der Waals surface area contributed by atoms with Gasteiger partial charge >= 0.3 is 0 Å². The summed E-state index contributed by atoms with van der Waals surface area (Å²) in [4.78, 5) is 0. The number of rotatable bonds is 4. The van der Waals surface area contributed by atoms with Gasteiger partial charge in [0.05, 0.1) is 22.7 Å². The number of sulfonamides is 1. The van der Waals surface area contributed by atoms with Gasteiger partial charge in [-0.3, -0.25) is 4.72 Å². The zero-order valence-electron chi connectivity index (χ0n) is 8.64. The van der Waals surface area contributed by atoms with Crippen molar-refractivity contribution in [2.45, 2.75) is 5.75 Å². The summed E-state index contributed by atoms with van der Waals surface area (Å²) in [5.74, 6) is -0.399. The van der Waals surface area contributed by atoms with Crippen LogP contribution in [0.15, 0.2) is 18.2 Å². The van der Waals surface area contributed by atoms with E-state index in [-0.39, 0.29) is 10.7 Å². The van der Waals surface area contributed by atoms with Gasteiger partial charge in [-0.15, -0.1) is 0 Å². The van der Waals surface area contributed by atoms with E-state index in [1.807, 2.05) is 0 Å². The summed E-state index contributed by atoms with van der Waals surface area (Å²) in [7, 11) is -2.08. The lowest BCUT2D eigenvalue weighted by atomic mass is 10.2. The Bertz CT molecular complexity index is 625. The number of halogens is 2. The Morgan fingerprint density at radius 2 is 1.82 bits per heavy atom. The summed E-state index contributed by atoms with van der Waals surface area (Å²) in [6.07, 6.45) is 0.967. The third-order valence-corrected chi connectivity index (χ3v) is 3.59. The van der Waals surface area contributed by atoms with E-state index in [0.29, 0.717) is 5.56 Å². The van der Waals surface area contributed by atoms with E-state index in [2.05, 4.69) is 4.72 Å². The highest BCUT2D eigenvalue weighted by Gasteiger charge is 2.11. The predicted molar refractivity (Wildman–Crippen MR) is 68.4 cm³/mol. The summed E-state index contributed by atoms with van der Waals surface area (Å²) in [5, 5.41) is 0.172. The predicted octanol–water partition coefficient (Wildman–Crippen LogP) is 1.78. The van der Waals surface area contributed by atoms with E-state index < -0.39 is 24.8 Å². The van der Waals surface area contributed by atoms with Crippen LogP contribution in [0.25, 0.3) is 0 Å². The van der Waals surface area contributed by atoms with E-state index in [9.17, 15) is 16.8 Å². The summed E-state index contributed by atoms with van der Waals surface area (Å²) < 4.78 is 46.0. The van der Waals surface area contributed by atoms with Crippen molar-refractivity contribution in [1.82, 2.24) is 0 Å². The second kappa shape index (κ2) is 5.01. The average Bonchev–Trinajstić information content (AvgIpc) is 2.05. The molecule has 96 valence electrons. The van der Waals surface area contributed by atoms with Crippen LogP contribution in [-0.4, -0.2) is 23.1 Å². The van der Waals surface area contributed by atoms with Crippen LogP contribution in [0.4, 0.5) is 5.69 Å². The van der Waals surface area contributed by atoms with Gasteiger partial charge in [-0.1, -0.05) is 17.7 Å². The lowest BCUT2D eigenvalue weighted by molar-refractivity contribution is 0.606. The van der Waals surface area contributed by atoms with Gasteiger partial charge in [-0.25, -0.2) is 16.8 Å². The van der Waals surface area contributed by atoms with Gasteiger partial charge < -0.3 is 0 Å². The fourth-order valence-electron chi connectivity index (χ4n) is 1.14. The molecule has 0 spiro atoms. The van der Waals surface area contributed by atoms with Gasteiger partial charge in [0.2, 0.25) is 19.1 Å². The van der Waals surface area contributed by atoms with Crippen molar-refractivity contribution < 1.29 is 16.8 Å². The smallest absolute Gasteiger partial charge is 0.236 e. The molecule has 0 saturated carbocycles. The highest BCUT2D eigenvalue weighted by Crippen LogP contribution is 2.25. The molecule has 0 aliphatic rings. The van der Waals surface area contributed by atoms with Crippen LogP contribution in [-0.2, 0) is 24.8 Å². The van der Waals surface area contributed by atoms with Crippen LogP contribution in [0.2, 0.25) is 5.02 Å². The molecule has 5 nitrogen and oxygen atoms in total.